The molecule has 0 atom stereocenters. The van der Waals surface area contributed by atoms with E-state index in [2.05, 4.69) is 0 Å². The minimum atomic E-state index is -0.364. The largest absolute Gasteiger partial charge is 0.490 e. The SMILES string of the molecule is COC1=C(OC)C(=O)C(CC=C(C)CCCC(C)=O)=CC1=O. The molecule has 5 nitrogen and oxygen atoms in total. The molecule has 0 radical (unpaired) electrons. The van der Waals surface area contributed by atoms with Gasteiger partial charge in [0.2, 0.25) is 23.1 Å². The van der Waals surface area contributed by atoms with Crippen molar-refractivity contribution < 1.29 is 23.9 Å². The van der Waals surface area contributed by atoms with E-state index in [4.69, 9.17) is 9.47 Å². The van der Waals surface area contributed by atoms with Crippen molar-refractivity contribution in [1.29, 1.82) is 0 Å². The third kappa shape index (κ3) is 4.69. The van der Waals surface area contributed by atoms with Gasteiger partial charge in [-0.1, -0.05) is 11.6 Å². The number of carbonyl (C=O) groups excluding carboxylic acids is 3. The predicted octanol–water partition coefficient (Wildman–Crippen LogP) is 2.66. The molecule has 0 aromatic rings. The minimum absolute atomic E-state index is 0.0485. The standard InChI is InChI=1S/C17H22O5/c1-11(6-5-7-12(2)18)8-9-13-10-14(19)16(21-3)17(22-4)15(13)20/h8,10H,5-7,9H2,1-4H3. The monoisotopic (exact) mass is 306 g/mol. The van der Waals surface area contributed by atoms with Crippen LogP contribution in [-0.4, -0.2) is 31.6 Å². The summed E-state index contributed by atoms with van der Waals surface area (Å²) < 4.78 is 9.91. The van der Waals surface area contributed by atoms with Crippen LogP contribution in [0.2, 0.25) is 0 Å². The highest BCUT2D eigenvalue weighted by molar-refractivity contribution is 6.21. The topological polar surface area (TPSA) is 69.7 Å². The van der Waals surface area contributed by atoms with Gasteiger partial charge in [0.15, 0.2) is 0 Å². The fourth-order valence-corrected chi connectivity index (χ4v) is 2.18. The molecule has 0 aliphatic heterocycles. The highest BCUT2D eigenvalue weighted by Gasteiger charge is 2.29. The molecule has 0 saturated heterocycles. The maximum Gasteiger partial charge on any atom is 0.228 e. The Bertz CT molecular complexity index is 564. The Kier molecular flexibility index (Phi) is 6.76. The molecule has 0 N–H and O–H groups in total. The number of methoxy groups -OCH3 is 2. The number of carbonyl (C=O) groups is 3. The van der Waals surface area contributed by atoms with Crippen molar-refractivity contribution in [1.82, 2.24) is 0 Å². The minimum Gasteiger partial charge on any atom is -0.490 e. The Morgan fingerprint density at radius 2 is 1.73 bits per heavy atom. The zero-order valence-electron chi connectivity index (χ0n) is 13.5. The average Bonchev–Trinajstić information content (AvgIpc) is 2.46. The molecule has 1 aliphatic rings. The molecule has 0 amide bonds. The average molecular weight is 306 g/mol. The van der Waals surface area contributed by atoms with Crippen molar-refractivity contribution in [3.05, 3.63) is 34.8 Å². The summed E-state index contributed by atoms with van der Waals surface area (Å²) in [6.45, 7) is 3.52. The van der Waals surface area contributed by atoms with Gasteiger partial charge in [0.1, 0.15) is 5.78 Å². The van der Waals surface area contributed by atoms with E-state index < -0.39 is 0 Å². The number of ether oxygens (including phenoxy) is 2. The van der Waals surface area contributed by atoms with Crippen molar-refractivity contribution in [2.75, 3.05) is 14.2 Å². The molecule has 22 heavy (non-hydrogen) atoms. The first-order chi connectivity index (χ1) is 10.4. The predicted molar refractivity (Wildman–Crippen MR) is 82.0 cm³/mol. The van der Waals surface area contributed by atoms with Crippen LogP contribution in [0.3, 0.4) is 0 Å². The molecular weight excluding hydrogens is 284 g/mol. The first-order valence-electron chi connectivity index (χ1n) is 7.17. The fourth-order valence-electron chi connectivity index (χ4n) is 2.18. The lowest BCUT2D eigenvalue weighted by molar-refractivity contribution is -0.120. The number of ketones is 3. The van der Waals surface area contributed by atoms with Crippen molar-refractivity contribution >= 4 is 17.3 Å². The normalized spacial score (nSPS) is 15.8. The van der Waals surface area contributed by atoms with Gasteiger partial charge in [0.05, 0.1) is 14.2 Å². The first-order valence-corrected chi connectivity index (χ1v) is 7.17. The Balaban J connectivity index is 2.73. The summed E-state index contributed by atoms with van der Waals surface area (Å²) in [7, 11) is 2.67. The molecule has 0 fully saturated rings. The van der Waals surface area contributed by atoms with Crippen LogP contribution in [0.5, 0.6) is 0 Å². The van der Waals surface area contributed by atoms with E-state index in [0.717, 1.165) is 18.4 Å². The number of Topliss-reactive ketones (excluding diaryl/α,β-unsaturated/α-hetero) is 2. The summed E-state index contributed by atoms with van der Waals surface area (Å²) in [4.78, 5) is 35.0. The van der Waals surface area contributed by atoms with Crippen LogP contribution in [-0.2, 0) is 23.9 Å². The van der Waals surface area contributed by atoms with Gasteiger partial charge >= 0.3 is 0 Å². The van der Waals surface area contributed by atoms with Crippen molar-refractivity contribution in [2.24, 2.45) is 0 Å². The summed E-state index contributed by atoms with van der Waals surface area (Å²) in [6.07, 6.45) is 5.70. The molecule has 0 spiro atoms. The van der Waals surface area contributed by atoms with Crippen molar-refractivity contribution in [2.45, 2.75) is 39.5 Å². The van der Waals surface area contributed by atoms with E-state index in [0.29, 0.717) is 18.4 Å². The molecule has 120 valence electrons. The Morgan fingerprint density at radius 1 is 1.09 bits per heavy atom. The third-order valence-corrected chi connectivity index (χ3v) is 3.41. The fraction of sp³-hybridized carbons (Fsp3) is 0.471. The van der Waals surface area contributed by atoms with E-state index in [-0.39, 0.29) is 28.9 Å². The zero-order valence-corrected chi connectivity index (χ0v) is 13.5. The molecule has 0 aromatic carbocycles. The van der Waals surface area contributed by atoms with E-state index in [1.807, 2.05) is 13.0 Å². The molecule has 1 aliphatic carbocycles. The first kappa shape index (κ1) is 17.9. The smallest absolute Gasteiger partial charge is 0.228 e. The number of hydrogen-bond donors (Lipinski definition) is 0. The number of hydrogen-bond acceptors (Lipinski definition) is 5. The summed E-state index contributed by atoms with van der Waals surface area (Å²) in [5.41, 5.74) is 1.47. The second-order valence-corrected chi connectivity index (χ2v) is 5.24. The van der Waals surface area contributed by atoms with Crippen LogP contribution in [0.25, 0.3) is 0 Å². The molecule has 0 bridgehead atoms. The van der Waals surface area contributed by atoms with Crippen LogP contribution in [0.4, 0.5) is 0 Å². The van der Waals surface area contributed by atoms with Gasteiger partial charge in [0, 0.05) is 12.0 Å². The third-order valence-electron chi connectivity index (χ3n) is 3.41. The Morgan fingerprint density at radius 3 is 2.27 bits per heavy atom. The summed E-state index contributed by atoms with van der Waals surface area (Å²) >= 11 is 0. The van der Waals surface area contributed by atoms with E-state index in [1.165, 1.54) is 20.3 Å². The van der Waals surface area contributed by atoms with Crippen LogP contribution >= 0.6 is 0 Å². The second-order valence-electron chi connectivity index (χ2n) is 5.24. The summed E-state index contributed by atoms with van der Waals surface area (Å²) in [6, 6.07) is 0. The molecule has 0 saturated carbocycles. The van der Waals surface area contributed by atoms with Gasteiger partial charge in [-0.15, -0.1) is 0 Å². The van der Waals surface area contributed by atoms with Gasteiger partial charge < -0.3 is 14.3 Å². The van der Waals surface area contributed by atoms with Gasteiger partial charge in [-0.2, -0.15) is 0 Å². The molecule has 5 heteroatoms. The van der Waals surface area contributed by atoms with Crippen molar-refractivity contribution in [3.8, 4) is 0 Å². The van der Waals surface area contributed by atoms with Gasteiger partial charge in [0.25, 0.3) is 0 Å². The van der Waals surface area contributed by atoms with Crippen LogP contribution in [0.15, 0.2) is 34.8 Å². The summed E-state index contributed by atoms with van der Waals surface area (Å²) in [5, 5.41) is 0. The van der Waals surface area contributed by atoms with E-state index in [9.17, 15) is 14.4 Å². The van der Waals surface area contributed by atoms with Gasteiger partial charge in [-0.3, -0.25) is 9.59 Å². The molecule has 0 heterocycles. The number of rotatable bonds is 8. The highest BCUT2D eigenvalue weighted by atomic mass is 16.5. The van der Waals surface area contributed by atoms with Crippen LogP contribution < -0.4 is 0 Å². The zero-order chi connectivity index (χ0) is 16.7. The maximum absolute atomic E-state index is 12.2. The van der Waals surface area contributed by atoms with E-state index >= 15 is 0 Å². The highest BCUT2D eigenvalue weighted by Crippen LogP contribution is 2.23. The Hall–Kier alpha value is -2.17. The molecular formula is C17H22O5. The number of allylic oxidation sites excluding steroid dienone is 4. The Labute approximate surface area is 130 Å². The molecule has 0 unspecified atom stereocenters. The molecule has 1 rings (SSSR count). The van der Waals surface area contributed by atoms with Crippen LogP contribution in [0.1, 0.15) is 39.5 Å². The lowest BCUT2D eigenvalue weighted by Crippen LogP contribution is -2.21. The van der Waals surface area contributed by atoms with Gasteiger partial charge in [-0.25, -0.2) is 0 Å². The van der Waals surface area contributed by atoms with E-state index in [1.54, 1.807) is 6.92 Å². The lowest BCUT2D eigenvalue weighted by Gasteiger charge is -2.16. The van der Waals surface area contributed by atoms with Crippen LogP contribution in [0, 0.1) is 0 Å². The van der Waals surface area contributed by atoms with Gasteiger partial charge in [-0.05, 0) is 39.2 Å². The molecule has 0 aromatic heterocycles. The quantitative estimate of drug-likeness (QED) is 0.509. The second kappa shape index (κ2) is 8.32. The lowest BCUT2D eigenvalue weighted by atomic mass is 9.96. The summed E-state index contributed by atoms with van der Waals surface area (Å²) in [5.74, 6) is -0.625. The van der Waals surface area contributed by atoms with Crippen molar-refractivity contribution in [3.63, 3.8) is 0 Å². The maximum atomic E-state index is 12.2.